The van der Waals surface area contributed by atoms with Gasteiger partial charge in [-0.15, -0.1) is 0 Å². The lowest BCUT2D eigenvalue weighted by molar-refractivity contribution is -0.131. The van der Waals surface area contributed by atoms with E-state index >= 15 is 0 Å². The van der Waals surface area contributed by atoms with Gasteiger partial charge < -0.3 is 16.2 Å². The van der Waals surface area contributed by atoms with Gasteiger partial charge in [0.05, 0.1) is 0 Å². The van der Waals surface area contributed by atoms with Crippen LogP contribution in [-0.2, 0) is 17.6 Å². The normalized spacial score (nSPS) is 10.4. The number of benzene rings is 1. The van der Waals surface area contributed by atoms with Crippen molar-refractivity contribution in [3.05, 3.63) is 28.8 Å². The largest absolute Gasteiger partial charge is 0.426 e. The van der Waals surface area contributed by atoms with Gasteiger partial charge in [-0.1, -0.05) is 12.1 Å². The van der Waals surface area contributed by atoms with Gasteiger partial charge in [0, 0.05) is 6.92 Å². The van der Waals surface area contributed by atoms with E-state index in [9.17, 15) is 4.79 Å². The second kappa shape index (κ2) is 6.37. The summed E-state index contributed by atoms with van der Waals surface area (Å²) in [5.41, 5.74) is 14.2. The number of nitrogens with two attached hydrogens (primary N) is 2. The fourth-order valence-electron chi connectivity index (χ4n) is 1.85. The van der Waals surface area contributed by atoms with Crippen LogP contribution in [0.2, 0.25) is 0 Å². The first kappa shape index (κ1) is 13.7. The summed E-state index contributed by atoms with van der Waals surface area (Å²) >= 11 is 0. The zero-order valence-electron chi connectivity index (χ0n) is 10.5. The van der Waals surface area contributed by atoms with Crippen LogP contribution >= 0.6 is 0 Å². The molecule has 0 amide bonds. The maximum Gasteiger partial charge on any atom is 0.308 e. The van der Waals surface area contributed by atoms with Crippen molar-refractivity contribution in [1.82, 2.24) is 0 Å². The van der Waals surface area contributed by atoms with Gasteiger partial charge in [0.15, 0.2) is 0 Å². The smallest absolute Gasteiger partial charge is 0.308 e. The Hall–Kier alpha value is -1.39. The second-order valence-electron chi connectivity index (χ2n) is 4.01. The summed E-state index contributed by atoms with van der Waals surface area (Å²) in [6.07, 6.45) is 1.48. The predicted octanol–water partition coefficient (Wildman–Crippen LogP) is 0.923. The van der Waals surface area contributed by atoms with Crippen molar-refractivity contribution in [1.29, 1.82) is 0 Å². The fourth-order valence-corrected chi connectivity index (χ4v) is 1.85. The quantitative estimate of drug-likeness (QED) is 0.588. The van der Waals surface area contributed by atoms with E-state index in [-0.39, 0.29) is 5.97 Å². The van der Waals surface area contributed by atoms with E-state index < -0.39 is 0 Å². The molecule has 0 bridgehead atoms. The molecule has 1 rings (SSSR count). The van der Waals surface area contributed by atoms with Gasteiger partial charge in [0.25, 0.3) is 0 Å². The van der Waals surface area contributed by atoms with Crippen LogP contribution in [-0.4, -0.2) is 19.1 Å². The summed E-state index contributed by atoms with van der Waals surface area (Å²) in [5, 5.41) is 0. The van der Waals surface area contributed by atoms with E-state index in [4.69, 9.17) is 16.2 Å². The molecule has 4 nitrogen and oxygen atoms in total. The Morgan fingerprint density at radius 3 is 2.24 bits per heavy atom. The van der Waals surface area contributed by atoms with Crippen molar-refractivity contribution in [2.75, 3.05) is 13.1 Å². The molecule has 0 heterocycles. The van der Waals surface area contributed by atoms with Crippen LogP contribution in [0.1, 0.15) is 23.6 Å². The van der Waals surface area contributed by atoms with Crippen LogP contribution in [0.25, 0.3) is 0 Å². The number of esters is 1. The van der Waals surface area contributed by atoms with Crippen LogP contribution in [0.5, 0.6) is 5.75 Å². The Kier molecular flexibility index (Phi) is 5.12. The highest BCUT2D eigenvalue weighted by Gasteiger charge is 2.12. The van der Waals surface area contributed by atoms with Crippen molar-refractivity contribution in [3.8, 4) is 5.75 Å². The molecule has 1 aromatic carbocycles. The molecule has 4 N–H and O–H groups in total. The van der Waals surface area contributed by atoms with Gasteiger partial charge in [0.1, 0.15) is 5.75 Å². The number of hydrogen-bond acceptors (Lipinski definition) is 4. The first-order valence-electron chi connectivity index (χ1n) is 5.80. The van der Waals surface area contributed by atoms with Crippen LogP contribution in [0, 0.1) is 6.92 Å². The van der Waals surface area contributed by atoms with Gasteiger partial charge >= 0.3 is 5.97 Å². The molecule has 0 aliphatic rings. The van der Waals surface area contributed by atoms with Gasteiger partial charge in [-0.05, 0) is 49.5 Å². The van der Waals surface area contributed by atoms with Crippen molar-refractivity contribution < 1.29 is 9.53 Å². The molecular formula is C13H20N2O2. The van der Waals surface area contributed by atoms with E-state index in [1.807, 2.05) is 19.1 Å². The number of carbonyl (C=O) groups excluding carboxylic acids is 1. The summed E-state index contributed by atoms with van der Waals surface area (Å²) in [6, 6.07) is 3.99. The Balaban J connectivity index is 3.15. The molecule has 0 aromatic heterocycles. The SMILES string of the molecule is CC(=O)Oc1c(CCN)ccc(CCN)c1C. The van der Waals surface area contributed by atoms with Crippen molar-refractivity contribution in [2.24, 2.45) is 11.5 Å². The highest BCUT2D eigenvalue weighted by atomic mass is 16.5. The molecule has 0 saturated heterocycles. The lowest BCUT2D eigenvalue weighted by Crippen LogP contribution is -2.11. The maximum atomic E-state index is 11.1. The third-order valence-corrected chi connectivity index (χ3v) is 2.67. The molecule has 4 heteroatoms. The molecule has 0 radical (unpaired) electrons. The lowest BCUT2D eigenvalue weighted by atomic mass is 9.99. The Morgan fingerprint density at radius 1 is 1.18 bits per heavy atom. The van der Waals surface area contributed by atoms with E-state index in [1.54, 1.807) is 0 Å². The standard InChI is InChI=1S/C13H20N2O2/c1-9-11(5-7-14)3-4-12(6-8-15)13(9)17-10(2)16/h3-4H,5-8,14-15H2,1-2H3. The first-order chi connectivity index (χ1) is 8.10. The monoisotopic (exact) mass is 236 g/mol. The van der Waals surface area contributed by atoms with E-state index in [0.717, 1.165) is 23.1 Å². The molecule has 0 saturated carbocycles. The zero-order chi connectivity index (χ0) is 12.8. The average molecular weight is 236 g/mol. The number of ether oxygens (including phenoxy) is 1. The van der Waals surface area contributed by atoms with Gasteiger partial charge in [-0.25, -0.2) is 0 Å². The van der Waals surface area contributed by atoms with Crippen LogP contribution in [0.3, 0.4) is 0 Å². The summed E-state index contributed by atoms with van der Waals surface area (Å²) < 4.78 is 5.28. The molecule has 0 spiro atoms. The number of carbonyl (C=O) groups is 1. The minimum atomic E-state index is -0.309. The van der Waals surface area contributed by atoms with E-state index in [0.29, 0.717) is 25.3 Å². The average Bonchev–Trinajstić information content (AvgIpc) is 2.27. The number of hydrogen-bond donors (Lipinski definition) is 2. The van der Waals surface area contributed by atoms with Crippen LogP contribution in [0.15, 0.2) is 12.1 Å². The molecular weight excluding hydrogens is 216 g/mol. The first-order valence-corrected chi connectivity index (χ1v) is 5.80. The highest BCUT2D eigenvalue weighted by molar-refractivity contribution is 5.70. The summed E-state index contributed by atoms with van der Waals surface area (Å²) in [5.74, 6) is 0.338. The molecule has 0 unspecified atom stereocenters. The van der Waals surface area contributed by atoms with Crippen molar-refractivity contribution in [2.45, 2.75) is 26.7 Å². The molecule has 1 aromatic rings. The van der Waals surface area contributed by atoms with Gasteiger partial charge in [-0.2, -0.15) is 0 Å². The Bertz CT molecular complexity index is 403. The third kappa shape index (κ3) is 3.54. The van der Waals surface area contributed by atoms with Gasteiger partial charge in [-0.3, -0.25) is 4.79 Å². The Labute approximate surface area is 102 Å². The minimum absolute atomic E-state index is 0.309. The summed E-state index contributed by atoms with van der Waals surface area (Å²) in [6.45, 7) is 4.46. The minimum Gasteiger partial charge on any atom is -0.426 e. The highest BCUT2D eigenvalue weighted by Crippen LogP contribution is 2.27. The molecule has 0 aliphatic carbocycles. The molecule has 94 valence electrons. The predicted molar refractivity (Wildman–Crippen MR) is 68.0 cm³/mol. The van der Waals surface area contributed by atoms with E-state index in [1.165, 1.54) is 6.92 Å². The van der Waals surface area contributed by atoms with Crippen LogP contribution < -0.4 is 16.2 Å². The third-order valence-electron chi connectivity index (χ3n) is 2.67. The number of rotatable bonds is 5. The van der Waals surface area contributed by atoms with Crippen molar-refractivity contribution in [3.63, 3.8) is 0 Å². The molecule has 0 aliphatic heterocycles. The maximum absolute atomic E-state index is 11.1. The topological polar surface area (TPSA) is 78.3 Å². The van der Waals surface area contributed by atoms with E-state index in [2.05, 4.69) is 0 Å². The molecule has 0 fully saturated rings. The Morgan fingerprint density at radius 2 is 1.71 bits per heavy atom. The molecule has 0 atom stereocenters. The fraction of sp³-hybridized carbons (Fsp3) is 0.462. The zero-order valence-corrected chi connectivity index (χ0v) is 10.5. The molecule has 17 heavy (non-hydrogen) atoms. The lowest BCUT2D eigenvalue weighted by Gasteiger charge is -2.14. The summed E-state index contributed by atoms with van der Waals surface area (Å²) in [7, 11) is 0. The second-order valence-corrected chi connectivity index (χ2v) is 4.01. The van der Waals surface area contributed by atoms with Crippen molar-refractivity contribution >= 4 is 5.97 Å². The van der Waals surface area contributed by atoms with Crippen LogP contribution in [0.4, 0.5) is 0 Å². The summed E-state index contributed by atoms with van der Waals surface area (Å²) in [4.78, 5) is 11.1. The van der Waals surface area contributed by atoms with Gasteiger partial charge in [0.2, 0.25) is 0 Å².